The summed E-state index contributed by atoms with van der Waals surface area (Å²) in [6.45, 7) is 8.80. The Hall–Kier alpha value is -1.51. The van der Waals surface area contributed by atoms with Gasteiger partial charge in [0.25, 0.3) is 0 Å². The van der Waals surface area contributed by atoms with E-state index in [0.717, 1.165) is 18.7 Å². The molecule has 1 aromatic rings. The Labute approximate surface area is 104 Å². The van der Waals surface area contributed by atoms with Crippen LogP contribution in [0.15, 0.2) is 18.2 Å². The summed E-state index contributed by atoms with van der Waals surface area (Å²) in [7, 11) is 0. The van der Waals surface area contributed by atoms with Gasteiger partial charge in [0.05, 0.1) is 0 Å². The van der Waals surface area contributed by atoms with Crippen molar-refractivity contribution in [2.24, 2.45) is 0 Å². The second kappa shape index (κ2) is 6.28. The third-order valence-corrected chi connectivity index (χ3v) is 2.92. The van der Waals surface area contributed by atoms with Gasteiger partial charge in [-0.1, -0.05) is 19.1 Å². The molecule has 3 nitrogen and oxygen atoms in total. The number of anilines is 1. The lowest BCUT2D eigenvalue weighted by atomic mass is 10.1. The second-order valence-electron chi connectivity index (χ2n) is 4.40. The van der Waals surface area contributed by atoms with Gasteiger partial charge >= 0.3 is 0 Å². The smallest absolute Gasteiger partial charge is 0.242 e. The number of aryl methyl sites for hydroxylation is 1. The summed E-state index contributed by atoms with van der Waals surface area (Å²) < 4.78 is 0. The fraction of sp³-hybridized carbons (Fsp3) is 0.500. The zero-order chi connectivity index (χ0) is 12.8. The third-order valence-electron chi connectivity index (χ3n) is 2.92. The van der Waals surface area contributed by atoms with Crippen LogP contribution in [0.2, 0.25) is 0 Å². The summed E-state index contributed by atoms with van der Waals surface area (Å²) in [6, 6.07) is 5.87. The maximum atomic E-state index is 11.7. The van der Waals surface area contributed by atoms with Crippen molar-refractivity contribution in [1.29, 1.82) is 0 Å². The van der Waals surface area contributed by atoms with Gasteiger partial charge < -0.3 is 10.6 Å². The van der Waals surface area contributed by atoms with Crippen LogP contribution in [-0.4, -0.2) is 18.5 Å². The summed E-state index contributed by atoms with van der Waals surface area (Å²) >= 11 is 0. The van der Waals surface area contributed by atoms with Gasteiger partial charge in [0.1, 0.15) is 6.04 Å². The first-order chi connectivity index (χ1) is 8.06. The van der Waals surface area contributed by atoms with Gasteiger partial charge in [-0.05, 0) is 44.4 Å². The van der Waals surface area contributed by atoms with Crippen molar-refractivity contribution >= 4 is 11.6 Å². The monoisotopic (exact) mass is 234 g/mol. The highest BCUT2D eigenvalue weighted by molar-refractivity contribution is 5.84. The van der Waals surface area contributed by atoms with Crippen molar-refractivity contribution in [2.75, 3.05) is 11.9 Å². The van der Waals surface area contributed by atoms with Gasteiger partial charge in [0.15, 0.2) is 0 Å². The molecule has 1 amide bonds. The van der Waals surface area contributed by atoms with Crippen LogP contribution in [-0.2, 0) is 4.79 Å². The number of hydrogen-bond acceptors (Lipinski definition) is 2. The Morgan fingerprint density at radius 2 is 2.06 bits per heavy atom. The molecule has 0 spiro atoms. The van der Waals surface area contributed by atoms with E-state index in [4.69, 9.17) is 0 Å². The molecule has 1 atom stereocenters. The van der Waals surface area contributed by atoms with Crippen LogP contribution in [0.25, 0.3) is 0 Å². The summed E-state index contributed by atoms with van der Waals surface area (Å²) in [5, 5.41) is 6.13. The summed E-state index contributed by atoms with van der Waals surface area (Å²) in [6.07, 6.45) is 0.960. The normalized spacial score (nSPS) is 12.0. The standard InChI is InChI=1S/C14H22N2O/c1-5-9-15-14(17)12(4)16-13-8-6-7-10(2)11(13)3/h6-8,12,16H,5,9H2,1-4H3,(H,15,17). The zero-order valence-corrected chi connectivity index (χ0v) is 11.1. The Balaban J connectivity index is 2.64. The number of hydrogen-bond donors (Lipinski definition) is 2. The molecule has 0 aromatic heterocycles. The first-order valence-electron chi connectivity index (χ1n) is 6.16. The van der Waals surface area contributed by atoms with Crippen molar-refractivity contribution in [1.82, 2.24) is 5.32 Å². The number of rotatable bonds is 5. The Morgan fingerprint density at radius 1 is 1.35 bits per heavy atom. The van der Waals surface area contributed by atoms with Gasteiger partial charge in [-0.2, -0.15) is 0 Å². The predicted molar refractivity (Wildman–Crippen MR) is 72.3 cm³/mol. The van der Waals surface area contributed by atoms with Crippen LogP contribution in [0.3, 0.4) is 0 Å². The fourth-order valence-electron chi connectivity index (χ4n) is 1.61. The summed E-state index contributed by atoms with van der Waals surface area (Å²) in [5.41, 5.74) is 3.46. The average Bonchev–Trinajstić information content (AvgIpc) is 2.31. The Morgan fingerprint density at radius 3 is 2.71 bits per heavy atom. The lowest BCUT2D eigenvalue weighted by Crippen LogP contribution is -2.38. The highest BCUT2D eigenvalue weighted by Gasteiger charge is 2.12. The third kappa shape index (κ3) is 3.77. The van der Waals surface area contributed by atoms with Crippen molar-refractivity contribution in [3.8, 4) is 0 Å². The summed E-state index contributed by atoms with van der Waals surface area (Å²) in [5.74, 6) is 0.0488. The number of carbonyl (C=O) groups excluding carboxylic acids is 1. The van der Waals surface area contributed by atoms with Crippen molar-refractivity contribution < 1.29 is 4.79 Å². The first kappa shape index (κ1) is 13.6. The van der Waals surface area contributed by atoms with Crippen LogP contribution in [0.5, 0.6) is 0 Å². The molecular weight excluding hydrogens is 212 g/mol. The van der Waals surface area contributed by atoms with E-state index in [1.54, 1.807) is 0 Å². The van der Waals surface area contributed by atoms with E-state index in [-0.39, 0.29) is 11.9 Å². The van der Waals surface area contributed by atoms with Crippen molar-refractivity contribution in [2.45, 2.75) is 40.2 Å². The minimum absolute atomic E-state index is 0.0488. The highest BCUT2D eigenvalue weighted by Crippen LogP contribution is 2.18. The second-order valence-corrected chi connectivity index (χ2v) is 4.40. The minimum Gasteiger partial charge on any atom is -0.374 e. The molecule has 0 aliphatic heterocycles. The molecule has 2 N–H and O–H groups in total. The number of carbonyl (C=O) groups is 1. The van der Waals surface area contributed by atoms with E-state index >= 15 is 0 Å². The van der Waals surface area contributed by atoms with E-state index in [0.29, 0.717) is 0 Å². The molecule has 1 rings (SSSR count). The topological polar surface area (TPSA) is 41.1 Å². The molecule has 0 aliphatic carbocycles. The SMILES string of the molecule is CCCNC(=O)C(C)Nc1cccc(C)c1C. The quantitative estimate of drug-likeness (QED) is 0.822. The highest BCUT2D eigenvalue weighted by atomic mass is 16.2. The molecule has 0 fully saturated rings. The molecule has 0 aliphatic rings. The first-order valence-corrected chi connectivity index (χ1v) is 6.16. The molecule has 0 heterocycles. The zero-order valence-electron chi connectivity index (χ0n) is 11.1. The van der Waals surface area contributed by atoms with Crippen molar-refractivity contribution in [3.05, 3.63) is 29.3 Å². The molecule has 17 heavy (non-hydrogen) atoms. The predicted octanol–water partition coefficient (Wildman–Crippen LogP) is 2.63. The molecule has 1 unspecified atom stereocenters. The van der Waals surface area contributed by atoms with Crippen LogP contribution < -0.4 is 10.6 Å². The maximum absolute atomic E-state index is 11.7. The molecule has 0 bridgehead atoms. The molecule has 0 saturated heterocycles. The number of nitrogens with one attached hydrogen (secondary N) is 2. The van der Waals surface area contributed by atoms with Crippen LogP contribution in [0, 0.1) is 13.8 Å². The van der Waals surface area contributed by atoms with E-state index in [1.165, 1.54) is 11.1 Å². The molecule has 94 valence electrons. The number of benzene rings is 1. The molecule has 0 saturated carbocycles. The van der Waals surface area contributed by atoms with E-state index in [2.05, 4.69) is 30.5 Å². The van der Waals surface area contributed by atoms with Crippen LogP contribution >= 0.6 is 0 Å². The van der Waals surface area contributed by atoms with E-state index in [1.807, 2.05) is 26.0 Å². The van der Waals surface area contributed by atoms with E-state index in [9.17, 15) is 4.79 Å². The van der Waals surface area contributed by atoms with Crippen LogP contribution in [0.1, 0.15) is 31.4 Å². The largest absolute Gasteiger partial charge is 0.374 e. The molecule has 0 radical (unpaired) electrons. The Bertz CT molecular complexity index is 388. The van der Waals surface area contributed by atoms with E-state index < -0.39 is 0 Å². The summed E-state index contributed by atoms with van der Waals surface area (Å²) in [4.78, 5) is 11.7. The van der Waals surface area contributed by atoms with Crippen LogP contribution in [0.4, 0.5) is 5.69 Å². The molecular formula is C14H22N2O. The van der Waals surface area contributed by atoms with Gasteiger partial charge in [0, 0.05) is 12.2 Å². The Kier molecular flexibility index (Phi) is 5.01. The van der Waals surface area contributed by atoms with Gasteiger partial charge in [-0.3, -0.25) is 4.79 Å². The van der Waals surface area contributed by atoms with Crippen molar-refractivity contribution in [3.63, 3.8) is 0 Å². The number of amides is 1. The molecule has 1 aromatic carbocycles. The lowest BCUT2D eigenvalue weighted by Gasteiger charge is -2.17. The van der Waals surface area contributed by atoms with Gasteiger partial charge in [0.2, 0.25) is 5.91 Å². The lowest BCUT2D eigenvalue weighted by molar-refractivity contribution is -0.121. The maximum Gasteiger partial charge on any atom is 0.242 e. The average molecular weight is 234 g/mol. The fourth-order valence-corrected chi connectivity index (χ4v) is 1.61. The van der Waals surface area contributed by atoms with Gasteiger partial charge in [-0.15, -0.1) is 0 Å². The molecule has 3 heteroatoms. The van der Waals surface area contributed by atoms with Gasteiger partial charge in [-0.25, -0.2) is 0 Å². The minimum atomic E-state index is -0.206.